The highest BCUT2D eigenvalue weighted by molar-refractivity contribution is 9.10. The van der Waals surface area contributed by atoms with Crippen molar-refractivity contribution in [3.8, 4) is 11.3 Å². The Kier molecular flexibility index (Phi) is 7.19. The fourth-order valence-corrected chi connectivity index (χ4v) is 4.97. The lowest BCUT2D eigenvalue weighted by molar-refractivity contribution is -0.138. The molecule has 2 aromatic carbocycles. The van der Waals surface area contributed by atoms with Gasteiger partial charge in [0, 0.05) is 33.6 Å². The molecule has 0 unspecified atom stereocenters. The number of rotatable bonds is 7. The fraction of sp³-hybridized carbons (Fsp3) is 0.185. The quantitative estimate of drug-likeness (QED) is 0.285. The minimum atomic E-state index is -1.01. The average molecular weight is 553 g/mol. The summed E-state index contributed by atoms with van der Waals surface area (Å²) < 4.78 is 0.823. The number of halogens is 2. The van der Waals surface area contributed by atoms with Gasteiger partial charge in [-0.3, -0.25) is 14.6 Å². The number of carbonyl (C=O) groups is 2. The van der Waals surface area contributed by atoms with E-state index in [0.717, 1.165) is 15.6 Å². The molecule has 0 aliphatic rings. The van der Waals surface area contributed by atoms with E-state index in [1.807, 2.05) is 55.5 Å². The van der Waals surface area contributed by atoms with Crippen molar-refractivity contribution in [3.05, 3.63) is 93.2 Å². The second-order valence-corrected chi connectivity index (χ2v) is 9.96. The summed E-state index contributed by atoms with van der Waals surface area (Å²) in [6, 6.07) is 18.6. The lowest BCUT2D eigenvalue weighted by Crippen LogP contribution is -2.41. The maximum atomic E-state index is 13.7. The van der Waals surface area contributed by atoms with Crippen molar-refractivity contribution in [1.82, 2.24) is 15.3 Å². The zero-order chi connectivity index (χ0) is 25.2. The molecule has 0 spiro atoms. The van der Waals surface area contributed by atoms with Crippen molar-refractivity contribution >= 4 is 50.3 Å². The van der Waals surface area contributed by atoms with Crippen LogP contribution in [0.15, 0.2) is 71.3 Å². The number of hydrogen-bond donors (Lipinski definition) is 2. The van der Waals surface area contributed by atoms with E-state index in [1.54, 1.807) is 25.3 Å². The van der Waals surface area contributed by atoms with Gasteiger partial charge in [-0.05, 0) is 42.8 Å². The number of aromatic nitrogens is 2. The average Bonchev–Trinajstić information content (AvgIpc) is 2.82. The molecule has 0 fully saturated rings. The van der Waals surface area contributed by atoms with Gasteiger partial charge in [-0.2, -0.15) is 0 Å². The summed E-state index contributed by atoms with van der Waals surface area (Å²) >= 11 is 9.84. The number of amides is 1. The first-order valence-corrected chi connectivity index (χ1v) is 12.1. The molecule has 8 heteroatoms. The largest absolute Gasteiger partial charge is 0.481 e. The third-order valence-corrected chi connectivity index (χ3v) is 6.77. The van der Waals surface area contributed by atoms with Crippen LogP contribution >= 0.6 is 27.5 Å². The Morgan fingerprint density at radius 3 is 2.54 bits per heavy atom. The Morgan fingerprint density at radius 2 is 1.86 bits per heavy atom. The lowest BCUT2D eigenvalue weighted by atomic mass is 9.82. The van der Waals surface area contributed by atoms with Crippen LogP contribution in [-0.4, -0.2) is 33.5 Å². The molecule has 2 aromatic heterocycles. The lowest BCUT2D eigenvalue weighted by Gasteiger charge is -2.28. The summed E-state index contributed by atoms with van der Waals surface area (Å²) in [7, 11) is 0. The second-order valence-electron chi connectivity index (χ2n) is 8.64. The second kappa shape index (κ2) is 10.1. The maximum absolute atomic E-state index is 13.7. The van der Waals surface area contributed by atoms with Crippen molar-refractivity contribution in [2.24, 2.45) is 0 Å². The van der Waals surface area contributed by atoms with Gasteiger partial charge in [-0.15, -0.1) is 0 Å². The van der Waals surface area contributed by atoms with Gasteiger partial charge in [0.05, 0.1) is 33.9 Å². The van der Waals surface area contributed by atoms with E-state index in [0.29, 0.717) is 32.9 Å². The predicted octanol–water partition coefficient (Wildman–Crippen LogP) is 6.18. The minimum Gasteiger partial charge on any atom is -0.481 e. The molecule has 178 valence electrons. The molecule has 0 aliphatic carbocycles. The van der Waals surface area contributed by atoms with Crippen LogP contribution in [0.2, 0.25) is 5.02 Å². The molecule has 6 nitrogen and oxygen atoms in total. The van der Waals surface area contributed by atoms with Crippen molar-refractivity contribution in [2.75, 3.05) is 6.54 Å². The number of pyridine rings is 2. The summed E-state index contributed by atoms with van der Waals surface area (Å²) in [5.74, 6) is -1.34. The first-order valence-electron chi connectivity index (χ1n) is 11.0. The SMILES string of the molecule is Cc1c(-c2ccccc2)nc2ccc(Br)cc2c1C(=O)NC[C@@](C)(CC(=O)O)c1ncccc1Cl. The van der Waals surface area contributed by atoms with E-state index in [1.165, 1.54) is 0 Å². The number of carbonyl (C=O) groups excluding carboxylic acids is 1. The Morgan fingerprint density at radius 1 is 1.11 bits per heavy atom. The van der Waals surface area contributed by atoms with Crippen molar-refractivity contribution in [2.45, 2.75) is 25.7 Å². The first kappa shape index (κ1) is 24.8. The minimum absolute atomic E-state index is 0.0345. The Hall–Kier alpha value is -3.29. The summed E-state index contributed by atoms with van der Waals surface area (Å²) in [5, 5.41) is 13.6. The van der Waals surface area contributed by atoms with Gasteiger partial charge in [0.15, 0.2) is 0 Å². The topological polar surface area (TPSA) is 92.2 Å². The molecule has 0 saturated heterocycles. The van der Waals surface area contributed by atoms with Crippen LogP contribution < -0.4 is 5.32 Å². The fourth-order valence-electron chi connectivity index (χ4n) is 4.26. The number of benzene rings is 2. The summed E-state index contributed by atoms with van der Waals surface area (Å²) in [6.07, 6.45) is 1.31. The van der Waals surface area contributed by atoms with Crippen LogP contribution in [0.25, 0.3) is 22.2 Å². The number of nitrogens with zero attached hydrogens (tertiary/aromatic N) is 2. The standard InChI is InChI=1S/C27H23BrClN3O3/c1-16-23(19-13-18(28)10-11-21(19)32-24(16)17-7-4-3-5-8-17)26(35)31-15-27(2,14-22(33)34)25-20(29)9-6-12-30-25/h3-13H,14-15H2,1-2H3,(H,31,35)(H,33,34)/t27-/m1/s1. The first-order chi connectivity index (χ1) is 16.7. The molecule has 0 radical (unpaired) electrons. The summed E-state index contributed by atoms with van der Waals surface area (Å²) in [4.78, 5) is 34.5. The zero-order valence-electron chi connectivity index (χ0n) is 19.2. The Balaban J connectivity index is 1.78. The van der Waals surface area contributed by atoms with Gasteiger partial charge in [0.2, 0.25) is 0 Å². The molecular formula is C27H23BrClN3O3. The number of aliphatic carboxylic acids is 1. The number of fused-ring (bicyclic) bond motifs is 1. The van der Waals surface area contributed by atoms with Crippen molar-refractivity contribution < 1.29 is 14.7 Å². The van der Waals surface area contributed by atoms with Crippen LogP contribution in [0.5, 0.6) is 0 Å². The smallest absolute Gasteiger partial charge is 0.304 e. The van der Waals surface area contributed by atoms with Crippen LogP contribution in [0.1, 0.15) is 35.0 Å². The summed E-state index contributed by atoms with van der Waals surface area (Å²) in [5.41, 5.74) is 2.93. The van der Waals surface area contributed by atoms with Crippen molar-refractivity contribution in [3.63, 3.8) is 0 Å². The van der Waals surface area contributed by atoms with Crippen LogP contribution in [0.4, 0.5) is 0 Å². The predicted molar refractivity (Wildman–Crippen MR) is 141 cm³/mol. The van der Waals surface area contributed by atoms with Crippen LogP contribution in [-0.2, 0) is 10.2 Å². The van der Waals surface area contributed by atoms with E-state index in [2.05, 4.69) is 26.2 Å². The monoisotopic (exact) mass is 551 g/mol. The van der Waals surface area contributed by atoms with E-state index in [9.17, 15) is 14.7 Å². The normalized spacial score (nSPS) is 12.8. The van der Waals surface area contributed by atoms with E-state index in [-0.39, 0.29) is 18.9 Å². The van der Waals surface area contributed by atoms with E-state index < -0.39 is 11.4 Å². The highest BCUT2D eigenvalue weighted by atomic mass is 79.9. The molecule has 2 heterocycles. The number of carboxylic acid groups (broad SMARTS) is 1. The van der Waals surface area contributed by atoms with Crippen LogP contribution in [0, 0.1) is 6.92 Å². The van der Waals surface area contributed by atoms with E-state index in [4.69, 9.17) is 16.6 Å². The molecule has 1 amide bonds. The molecule has 0 aliphatic heterocycles. The number of hydrogen-bond acceptors (Lipinski definition) is 4. The third kappa shape index (κ3) is 5.21. The van der Waals surface area contributed by atoms with Gasteiger partial charge in [-0.25, -0.2) is 4.98 Å². The third-order valence-electron chi connectivity index (χ3n) is 5.98. The molecule has 4 aromatic rings. The molecular weight excluding hydrogens is 530 g/mol. The molecule has 2 N–H and O–H groups in total. The van der Waals surface area contributed by atoms with E-state index >= 15 is 0 Å². The number of nitrogens with one attached hydrogen (secondary N) is 1. The summed E-state index contributed by atoms with van der Waals surface area (Å²) in [6.45, 7) is 3.64. The van der Waals surface area contributed by atoms with Gasteiger partial charge in [0.25, 0.3) is 5.91 Å². The molecule has 0 bridgehead atoms. The molecule has 1 atom stereocenters. The zero-order valence-corrected chi connectivity index (χ0v) is 21.5. The molecule has 35 heavy (non-hydrogen) atoms. The Labute approximate surface area is 216 Å². The highest BCUT2D eigenvalue weighted by Gasteiger charge is 2.34. The van der Waals surface area contributed by atoms with Crippen molar-refractivity contribution in [1.29, 1.82) is 0 Å². The van der Waals surface area contributed by atoms with Gasteiger partial charge in [0.1, 0.15) is 0 Å². The van der Waals surface area contributed by atoms with Gasteiger partial charge < -0.3 is 10.4 Å². The Bertz CT molecular complexity index is 1430. The van der Waals surface area contributed by atoms with Gasteiger partial charge in [-0.1, -0.05) is 64.8 Å². The van der Waals surface area contributed by atoms with Gasteiger partial charge >= 0.3 is 5.97 Å². The van der Waals surface area contributed by atoms with Crippen LogP contribution in [0.3, 0.4) is 0 Å². The molecule has 0 saturated carbocycles. The molecule has 4 rings (SSSR count). The number of carboxylic acids is 1. The maximum Gasteiger partial charge on any atom is 0.304 e. The highest BCUT2D eigenvalue weighted by Crippen LogP contribution is 2.33.